The third-order valence-corrected chi connectivity index (χ3v) is 4.58. The van der Waals surface area contributed by atoms with Crippen LogP contribution in [0.4, 0.5) is 22.0 Å². The summed E-state index contributed by atoms with van der Waals surface area (Å²) in [5.41, 5.74) is -0.757. The number of aromatic nitrogens is 5. The Morgan fingerprint density at radius 2 is 2.00 bits per heavy atom. The van der Waals surface area contributed by atoms with Crippen LogP contribution in [0.1, 0.15) is 36.4 Å². The van der Waals surface area contributed by atoms with Crippen LogP contribution >= 0.6 is 0 Å². The summed E-state index contributed by atoms with van der Waals surface area (Å²) >= 11 is 0. The predicted octanol–water partition coefficient (Wildman–Crippen LogP) is 0.850. The Balaban J connectivity index is 1.58. The first-order valence-corrected chi connectivity index (χ1v) is 8.30. The molecule has 152 valence electrons. The molecule has 4 rings (SSSR count). The minimum atomic E-state index is -4.79. The van der Waals surface area contributed by atoms with Crippen molar-refractivity contribution in [2.45, 2.75) is 43.9 Å². The summed E-state index contributed by atoms with van der Waals surface area (Å²) in [6.07, 6.45) is -3.65. The summed E-state index contributed by atoms with van der Waals surface area (Å²) in [6, 6.07) is -0.977. The Bertz CT molecular complexity index is 969. The van der Waals surface area contributed by atoms with Crippen molar-refractivity contribution in [3.63, 3.8) is 0 Å². The molecule has 0 spiro atoms. The van der Waals surface area contributed by atoms with Gasteiger partial charge in [0.2, 0.25) is 11.8 Å². The summed E-state index contributed by atoms with van der Waals surface area (Å²) in [7, 11) is 0. The molecule has 4 heterocycles. The van der Waals surface area contributed by atoms with Crippen molar-refractivity contribution in [3.05, 3.63) is 28.0 Å². The Hall–Kier alpha value is -2.80. The lowest BCUT2D eigenvalue weighted by Crippen LogP contribution is -2.60. The molecule has 14 heteroatoms. The number of nitrogens with zero attached hydrogens (tertiary/aromatic N) is 6. The molecule has 0 radical (unpaired) electrons. The second-order valence-electron chi connectivity index (χ2n) is 6.69. The molecular formula is C14H13F5N6O3. The SMILES string of the molecule is O=C([C@@H]1CCCc2nn(Cc3nc(C(F)(F)F)no3)c(=O)n21)N1CC(F)(F)C1. The molecule has 0 aromatic carbocycles. The number of halogens is 5. The van der Waals surface area contributed by atoms with E-state index in [4.69, 9.17) is 0 Å². The van der Waals surface area contributed by atoms with Crippen LogP contribution < -0.4 is 5.69 Å². The van der Waals surface area contributed by atoms with Gasteiger partial charge in [-0.2, -0.15) is 23.3 Å². The summed E-state index contributed by atoms with van der Waals surface area (Å²) in [6.45, 7) is -1.92. The molecule has 2 aromatic heterocycles. The molecule has 2 aliphatic heterocycles. The van der Waals surface area contributed by atoms with E-state index in [2.05, 4.69) is 19.8 Å². The zero-order valence-corrected chi connectivity index (χ0v) is 14.1. The van der Waals surface area contributed by atoms with Crippen molar-refractivity contribution in [3.8, 4) is 0 Å². The zero-order valence-electron chi connectivity index (χ0n) is 14.1. The van der Waals surface area contributed by atoms with Gasteiger partial charge in [-0.3, -0.25) is 9.36 Å². The maximum atomic E-state index is 13.0. The zero-order chi connectivity index (χ0) is 20.3. The number of fused-ring (bicyclic) bond motifs is 1. The summed E-state index contributed by atoms with van der Waals surface area (Å²) in [5.74, 6) is -5.25. The van der Waals surface area contributed by atoms with E-state index in [1.54, 1.807) is 0 Å². The molecule has 0 aliphatic carbocycles. The Morgan fingerprint density at radius 1 is 1.29 bits per heavy atom. The maximum absolute atomic E-state index is 13.0. The van der Waals surface area contributed by atoms with Gasteiger partial charge >= 0.3 is 11.9 Å². The monoisotopic (exact) mass is 408 g/mol. The number of amides is 1. The molecule has 1 atom stereocenters. The summed E-state index contributed by atoms with van der Waals surface area (Å²) < 4.78 is 70.1. The van der Waals surface area contributed by atoms with Gasteiger partial charge in [0.05, 0.1) is 13.1 Å². The fourth-order valence-corrected chi connectivity index (χ4v) is 3.31. The van der Waals surface area contributed by atoms with Gasteiger partial charge in [0.15, 0.2) is 0 Å². The third kappa shape index (κ3) is 3.16. The first kappa shape index (κ1) is 18.6. The lowest BCUT2D eigenvalue weighted by molar-refractivity contribution is -0.169. The lowest BCUT2D eigenvalue weighted by Gasteiger charge is -2.41. The molecule has 1 fully saturated rings. The maximum Gasteiger partial charge on any atom is 0.455 e. The number of carbonyl (C=O) groups is 1. The van der Waals surface area contributed by atoms with E-state index in [9.17, 15) is 31.5 Å². The Kier molecular flexibility index (Phi) is 4.04. The Labute approximate surface area is 152 Å². The molecule has 2 aromatic rings. The molecule has 0 N–H and O–H groups in total. The normalized spacial score (nSPS) is 21.3. The first-order chi connectivity index (χ1) is 13.0. The van der Waals surface area contributed by atoms with Gasteiger partial charge in [-0.25, -0.2) is 18.3 Å². The van der Waals surface area contributed by atoms with E-state index in [-0.39, 0.29) is 12.2 Å². The summed E-state index contributed by atoms with van der Waals surface area (Å²) in [5, 5.41) is 6.82. The molecule has 1 amide bonds. The molecule has 1 saturated heterocycles. The predicted molar refractivity (Wildman–Crippen MR) is 78.4 cm³/mol. The fourth-order valence-electron chi connectivity index (χ4n) is 3.31. The van der Waals surface area contributed by atoms with Gasteiger partial charge in [0.25, 0.3) is 11.7 Å². The number of hydrogen-bond acceptors (Lipinski definition) is 6. The van der Waals surface area contributed by atoms with Crippen LogP contribution in [0.15, 0.2) is 9.32 Å². The van der Waals surface area contributed by atoms with Crippen LogP contribution in [0.25, 0.3) is 0 Å². The topological polar surface area (TPSA) is 99.0 Å². The second kappa shape index (κ2) is 6.10. The van der Waals surface area contributed by atoms with E-state index < -0.39 is 61.1 Å². The van der Waals surface area contributed by atoms with Gasteiger partial charge in [-0.05, 0) is 12.8 Å². The highest BCUT2D eigenvalue weighted by Gasteiger charge is 2.48. The van der Waals surface area contributed by atoms with Crippen LogP contribution in [0.2, 0.25) is 0 Å². The minimum absolute atomic E-state index is 0.248. The van der Waals surface area contributed by atoms with Crippen LogP contribution in [0, 0.1) is 0 Å². The minimum Gasteiger partial charge on any atom is -0.337 e. The average molecular weight is 408 g/mol. The largest absolute Gasteiger partial charge is 0.455 e. The number of aryl methyl sites for hydroxylation is 1. The molecule has 2 aliphatic rings. The van der Waals surface area contributed by atoms with Crippen molar-refractivity contribution in [1.29, 1.82) is 0 Å². The summed E-state index contributed by atoms with van der Waals surface area (Å²) in [4.78, 5) is 29.3. The van der Waals surface area contributed by atoms with Crippen LogP contribution in [-0.2, 0) is 23.9 Å². The first-order valence-electron chi connectivity index (χ1n) is 8.30. The van der Waals surface area contributed by atoms with Crippen molar-refractivity contribution >= 4 is 5.91 Å². The highest BCUT2D eigenvalue weighted by molar-refractivity contribution is 5.81. The third-order valence-electron chi connectivity index (χ3n) is 4.58. The van der Waals surface area contributed by atoms with E-state index in [1.165, 1.54) is 0 Å². The fraction of sp³-hybridized carbons (Fsp3) is 0.643. The van der Waals surface area contributed by atoms with E-state index in [0.717, 1.165) is 14.1 Å². The smallest absolute Gasteiger partial charge is 0.337 e. The number of rotatable bonds is 3. The number of likely N-dealkylation sites (tertiary alicyclic amines) is 1. The number of alkyl halides is 5. The van der Waals surface area contributed by atoms with Crippen molar-refractivity contribution < 1.29 is 31.3 Å². The number of carbonyl (C=O) groups excluding carboxylic acids is 1. The van der Waals surface area contributed by atoms with Crippen LogP contribution in [-0.4, -0.2) is 54.3 Å². The molecule has 0 unspecified atom stereocenters. The van der Waals surface area contributed by atoms with Crippen LogP contribution in [0.5, 0.6) is 0 Å². The second-order valence-corrected chi connectivity index (χ2v) is 6.69. The van der Waals surface area contributed by atoms with Gasteiger partial charge in [-0.15, -0.1) is 0 Å². The van der Waals surface area contributed by atoms with E-state index in [1.807, 2.05) is 0 Å². The molecular weight excluding hydrogens is 395 g/mol. The van der Waals surface area contributed by atoms with Gasteiger partial charge < -0.3 is 9.42 Å². The van der Waals surface area contributed by atoms with Crippen LogP contribution in [0.3, 0.4) is 0 Å². The van der Waals surface area contributed by atoms with Gasteiger partial charge in [0, 0.05) is 6.42 Å². The van der Waals surface area contributed by atoms with E-state index >= 15 is 0 Å². The molecule has 28 heavy (non-hydrogen) atoms. The standard InChI is InChI=1S/C14H13F5N6O3/c15-13(16)5-23(6-13)10(26)7-2-1-3-8-21-24(12(27)25(7)8)4-9-20-11(22-28-9)14(17,18)19/h7H,1-6H2/t7-/m0/s1. The highest BCUT2D eigenvalue weighted by Crippen LogP contribution is 2.32. The van der Waals surface area contributed by atoms with Crippen molar-refractivity contribution in [2.75, 3.05) is 13.1 Å². The quantitative estimate of drug-likeness (QED) is 0.699. The average Bonchev–Trinajstić information content (AvgIpc) is 3.17. The highest BCUT2D eigenvalue weighted by atomic mass is 19.4. The van der Waals surface area contributed by atoms with Gasteiger partial charge in [-0.1, -0.05) is 5.16 Å². The molecule has 9 nitrogen and oxygen atoms in total. The molecule has 0 bridgehead atoms. The van der Waals surface area contributed by atoms with Gasteiger partial charge in [0.1, 0.15) is 18.4 Å². The number of hydrogen-bond donors (Lipinski definition) is 0. The van der Waals surface area contributed by atoms with Crippen molar-refractivity contribution in [1.82, 2.24) is 29.4 Å². The molecule has 0 saturated carbocycles. The van der Waals surface area contributed by atoms with Crippen molar-refractivity contribution in [2.24, 2.45) is 0 Å². The Morgan fingerprint density at radius 3 is 2.61 bits per heavy atom. The van der Waals surface area contributed by atoms with E-state index in [0.29, 0.717) is 12.8 Å². The lowest BCUT2D eigenvalue weighted by atomic mass is 10.0.